The summed E-state index contributed by atoms with van der Waals surface area (Å²) in [6.07, 6.45) is 6.55. The number of likely N-dealkylation sites (tertiary alicyclic amines) is 1. The Kier molecular flexibility index (Phi) is 6.10. The molecule has 1 N–H and O–H groups in total. The fourth-order valence-corrected chi connectivity index (χ4v) is 4.38. The molecule has 1 saturated carbocycles. The first kappa shape index (κ1) is 17.2. The molecule has 0 aromatic heterocycles. The number of nitrogens with one attached hydrogen (secondary N) is 1. The molecule has 1 aliphatic heterocycles. The minimum absolute atomic E-state index is 0.0553. The van der Waals surface area contributed by atoms with Crippen LogP contribution in [0.15, 0.2) is 0 Å². The summed E-state index contributed by atoms with van der Waals surface area (Å²) in [6.45, 7) is 12.7. The van der Waals surface area contributed by atoms with E-state index in [-0.39, 0.29) is 5.60 Å². The van der Waals surface area contributed by atoms with Crippen LogP contribution in [0.1, 0.15) is 59.8 Å². The second kappa shape index (κ2) is 7.43. The maximum Gasteiger partial charge on any atom is 0.0777 e. The molecule has 21 heavy (non-hydrogen) atoms. The van der Waals surface area contributed by atoms with E-state index in [0.29, 0.717) is 12.1 Å². The van der Waals surface area contributed by atoms with Gasteiger partial charge in [-0.15, -0.1) is 0 Å². The van der Waals surface area contributed by atoms with Crippen LogP contribution in [0.25, 0.3) is 0 Å². The molecule has 1 aliphatic carbocycles. The van der Waals surface area contributed by atoms with E-state index in [2.05, 4.69) is 37.9 Å². The lowest BCUT2D eigenvalue weighted by molar-refractivity contribution is -0.0720. The van der Waals surface area contributed by atoms with E-state index in [1.54, 1.807) is 0 Å². The van der Waals surface area contributed by atoms with Crippen molar-refractivity contribution in [1.29, 1.82) is 0 Å². The van der Waals surface area contributed by atoms with Crippen LogP contribution in [0, 0.1) is 11.8 Å². The number of hydrogen-bond acceptors (Lipinski definition) is 3. The van der Waals surface area contributed by atoms with Gasteiger partial charge < -0.3 is 10.1 Å². The lowest BCUT2D eigenvalue weighted by Gasteiger charge is -2.49. The van der Waals surface area contributed by atoms with E-state index in [1.165, 1.54) is 38.6 Å². The number of ether oxygens (including phenoxy) is 1. The van der Waals surface area contributed by atoms with Crippen LogP contribution >= 0.6 is 0 Å². The highest BCUT2D eigenvalue weighted by molar-refractivity contribution is 4.96. The van der Waals surface area contributed by atoms with Crippen molar-refractivity contribution in [3.63, 3.8) is 0 Å². The monoisotopic (exact) mass is 296 g/mol. The third kappa shape index (κ3) is 4.20. The average molecular weight is 296 g/mol. The topological polar surface area (TPSA) is 24.5 Å². The van der Waals surface area contributed by atoms with Gasteiger partial charge in [-0.2, -0.15) is 0 Å². The van der Waals surface area contributed by atoms with E-state index < -0.39 is 0 Å². The maximum absolute atomic E-state index is 5.81. The van der Waals surface area contributed by atoms with Crippen LogP contribution in [0.3, 0.4) is 0 Å². The van der Waals surface area contributed by atoms with Gasteiger partial charge in [0.1, 0.15) is 0 Å². The molecule has 124 valence electrons. The van der Waals surface area contributed by atoms with E-state index >= 15 is 0 Å². The predicted octanol–water partition coefficient (Wildman–Crippen LogP) is 3.29. The molecule has 0 radical (unpaired) electrons. The molecule has 0 spiro atoms. The van der Waals surface area contributed by atoms with Crippen molar-refractivity contribution in [2.24, 2.45) is 11.8 Å². The van der Waals surface area contributed by atoms with E-state index in [1.807, 2.05) is 7.11 Å². The molecule has 4 atom stereocenters. The Morgan fingerprint density at radius 3 is 2.71 bits per heavy atom. The van der Waals surface area contributed by atoms with Crippen molar-refractivity contribution in [3.05, 3.63) is 0 Å². The lowest BCUT2D eigenvalue weighted by atomic mass is 9.75. The molecule has 2 rings (SSSR count). The summed E-state index contributed by atoms with van der Waals surface area (Å²) in [5, 5.41) is 3.75. The Labute approximate surface area is 131 Å². The second-order valence-electron chi connectivity index (χ2n) is 7.78. The smallest absolute Gasteiger partial charge is 0.0777 e. The SMILES string of the molecule is CCNC1CCC(C(C)C)CC1N1CCCC(C)(OC)C1. The molecular formula is C18H36N2O. The zero-order valence-corrected chi connectivity index (χ0v) is 14.8. The van der Waals surface area contributed by atoms with Crippen molar-refractivity contribution < 1.29 is 4.74 Å². The zero-order chi connectivity index (χ0) is 15.5. The third-order valence-electron chi connectivity index (χ3n) is 5.92. The Balaban J connectivity index is 2.07. The largest absolute Gasteiger partial charge is 0.377 e. The number of piperidine rings is 1. The molecule has 0 aromatic rings. The number of methoxy groups -OCH3 is 1. The van der Waals surface area contributed by atoms with Gasteiger partial charge >= 0.3 is 0 Å². The summed E-state index contributed by atoms with van der Waals surface area (Å²) in [5.74, 6) is 1.70. The first-order valence-corrected chi connectivity index (χ1v) is 9.01. The molecule has 2 fully saturated rings. The highest BCUT2D eigenvalue weighted by atomic mass is 16.5. The van der Waals surface area contributed by atoms with Crippen LogP contribution in [-0.4, -0.2) is 49.3 Å². The molecule has 3 nitrogen and oxygen atoms in total. The van der Waals surface area contributed by atoms with Crippen LogP contribution in [0.5, 0.6) is 0 Å². The summed E-state index contributed by atoms with van der Waals surface area (Å²) in [4.78, 5) is 2.73. The Morgan fingerprint density at radius 2 is 2.10 bits per heavy atom. The quantitative estimate of drug-likeness (QED) is 0.842. The molecule has 0 amide bonds. The van der Waals surface area contributed by atoms with Crippen LogP contribution < -0.4 is 5.32 Å². The predicted molar refractivity (Wildman–Crippen MR) is 89.7 cm³/mol. The summed E-state index contributed by atoms with van der Waals surface area (Å²) in [7, 11) is 1.88. The molecule has 0 aromatic carbocycles. The summed E-state index contributed by atoms with van der Waals surface area (Å²) < 4.78 is 5.81. The van der Waals surface area contributed by atoms with Gasteiger partial charge in [0, 0.05) is 25.7 Å². The first-order valence-electron chi connectivity index (χ1n) is 9.01. The summed E-state index contributed by atoms with van der Waals surface area (Å²) in [5.41, 5.74) is 0.0553. The average Bonchev–Trinajstić information content (AvgIpc) is 2.48. The lowest BCUT2D eigenvalue weighted by Crippen LogP contribution is -2.59. The maximum atomic E-state index is 5.81. The number of likely N-dealkylation sites (N-methyl/N-ethyl adjacent to an activating group) is 1. The van der Waals surface area contributed by atoms with Gasteiger partial charge in [0.05, 0.1) is 5.60 Å². The normalized spacial score (nSPS) is 38.9. The van der Waals surface area contributed by atoms with Crippen molar-refractivity contribution in [2.75, 3.05) is 26.7 Å². The van der Waals surface area contributed by atoms with Gasteiger partial charge in [-0.25, -0.2) is 0 Å². The van der Waals surface area contributed by atoms with Crippen LogP contribution in [-0.2, 0) is 4.74 Å². The number of hydrogen-bond donors (Lipinski definition) is 1. The number of rotatable bonds is 5. The van der Waals surface area contributed by atoms with Crippen molar-refractivity contribution in [3.8, 4) is 0 Å². The standard InChI is InChI=1S/C18H36N2O/c1-6-19-16-9-8-15(14(2)3)12-17(16)20-11-7-10-18(4,13-20)21-5/h14-17,19H,6-13H2,1-5H3. The molecule has 0 bridgehead atoms. The summed E-state index contributed by atoms with van der Waals surface area (Å²) in [6, 6.07) is 1.37. The molecule has 1 saturated heterocycles. The van der Waals surface area contributed by atoms with Crippen molar-refractivity contribution in [1.82, 2.24) is 10.2 Å². The molecule has 4 unspecified atom stereocenters. The fraction of sp³-hybridized carbons (Fsp3) is 1.00. The van der Waals surface area contributed by atoms with Gasteiger partial charge in [0.25, 0.3) is 0 Å². The molecule has 1 heterocycles. The minimum atomic E-state index is 0.0553. The van der Waals surface area contributed by atoms with Gasteiger partial charge in [0.15, 0.2) is 0 Å². The Hall–Kier alpha value is -0.120. The van der Waals surface area contributed by atoms with Crippen molar-refractivity contribution >= 4 is 0 Å². The van der Waals surface area contributed by atoms with Crippen molar-refractivity contribution in [2.45, 2.75) is 77.5 Å². The second-order valence-corrected chi connectivity index (χ2v) is 7.78. The Bertz CT molecular complexity index is 320. The van der Waals surface area contributed by atoms with Gasteiger partial charge in [-0.05, 0) is 64.0 Å². The zero-order valence-electron chi connectivity index (χ0n) is 14.8. The van der Waals surface area contributed by atoms with Gasteiger partial charge in [0.2, 0.25) is 0 Å². The minimum Gasteiger partial charge on any atom is -0.377 e. The summed E-state index contributed by atoms with van der Waals surface area (Å²) >= 11 is 0. The Morgan fingerprint density at radius 1 is 1.33 bits per heavy atom. The van der Waals surface area contributed by atoms with Crippen LogP contribution in [0.4, 0.5) is 0 Å². The van der Waals surface area contributed by atoms with Gasteiger partial charge in [-0.3, -0.25) is 4.90 Å². The molecular weight excluding hydrogens is 260 g/mol. The molecule has 2 aliphatic rings. The van der Waals surface area contributed by atoms with E-state index in [4.69, 9.17) is 4.74 Å². The van der Waals surface area contributed by atoms with Gasteiger partial charge in [-0.1, -0.05) is 20.8 Å². The molecule has 3 heteroatoms. The van der Waals surface area contributed by atoms with E-state index in [9.17, 15) is 0 Å². The highest BCUT2D eigenvalue weighted by Gasteiger charge is 2.39. The van der Waals surface area contributed by atoms with Crippen LogP contribution in [0.2, 0.25) is 0 Å². The number of nitrogens with zero attached hydrogens (tertiary/aromatic N) is 1. The third-order valence-corrected chi connectivity index (χ3v) is 5.92. The highest BCUT2D eigenvalue weighted by Crippen LogP contribution is 2.35. The fourth-order valence-electron chi connectivity index (χ4n) is 4.38. The first-order chi connectivity index (χ1) is 9.99. The van der Waals surface area contributed by atoms with E-state index in [0.717, 1.165) is 24.9 Å².